The molecule has 6 nitrogen and oxygen atoms in total. The molecular weight excluding hydrogens is 390 g/mol. The predicted octanol–water partition coefficient (Wildman–Crippen LogP) is 4.90. The largest absolute Gasteiger partial charge is 0.396 e. The van der Waals surface area contributed by atoms with Crippen molar-refractivity contribution in [3.63, 3.8) is 0 Å². The molecule has 31 heavy (non-hydrogen) atoms. The third-order valence-corrected chi connectivity index (χ3v) is 5.49. The summed E-state index contributed by atoms with van der Waals surface area (Å²) in [5.74, 6) is 1.84. The van der Waals surface area contributed by atoms with E-state index in [1.165, 1.54) is 6.07 Å². The van der Waals surface area contributed by atoms with Gasteiger partial charge in [-0.15, -0.1) is 0 Å². The van der Waals surface area contributed by atoms with Crippen LogP contribution in [0.5, 0.6) is 0 Å². The molecule has 0 amide bonds. The minimum Gasteiger partial charge on any atom is -0.396 e. The van der Waals surface area contributed by atoms with Gasteiger partial charge in [-0.2, -0.15) is 5.10 Å². The Morgan fingerprint density at radius 2 is 1.97 bits per heavy atom. The fourth-order valence-electron chi connectivity index (χ4n) is 3.82. The molecule has 0 atom stereocenters. The Balaban J connectivity index is 0.00000132. The highest BCUT2D eigenvalue weighted by atomic mass is 19.1. The Labute approximate surface area is 183 Å². The van der Waals surface area contributed by atoms with Gasteiger partial charge in [0.15, 0.2) is 5.65 Å². The van der Waals surface area contributed by atoms with E-state index in [0.717, 1.165) is 42.4 Å². The second kappa shape index (κ2) is 9.74. The first-order valence-electron chi connectivity index (χ1n) is 10.8. The highest BCUT2D eigenvalue weighted by Gasteiger charge is 2.23. The van der Waals surface area contributed by atoms with E-state index < -0.39 is 5.82 Å². The molecule has 1 aliphatic rings. The lowest BCUT2D eigenvalue weighted by molar-refractivity contribution is 0.605. The number of imidazole rings is 1. The van der Waals surface area contributed by atoms with Crippen LogP contribution in [0.25, 0.3) is 16.9 Å². The first-order chi connectivity index (χ1) is 14.9. The number of aryl methyl sites for hydroxylation is 2. The number of anilines is 1. The van der Waals surface area contributed by atoms with Gasteiger partial charge in [0.1, 0.15) is 5.82 Å². The molecule has 1 aliphatic heterocycles. The number of aromatic nitrogens is 3. The van der Waals surface area contributed by atoms with Crippen LogP contribution in [-0.2, 0) is 0 Å². The predicted molar refractivity (Wildman–Crippen MR) is 125 cm³/mol. The number of hydrogen-bond acceptors (Lipinski definition) is 5. The van der Waals surface area contributed by atoms with E-state index in [2.05, 4.69) is 21.0 Å². The summed E-state index contributed by atoms with van der Waals surface area (Å²) in [7, 11) is 0. The lowest BCUT2D eigenvalue weighted by Crippen LogP contribution is -2.22. The smallest absolute Gasteiger partial charge is 0.268 e. The van der Waals surface area contributed by atoms with Crippen molar-refractivity contribution in [2.45, 2.75) is 59.2 Å². The fourth-order valence-corrected chi connectivity index (χ4v) is 3.82. The summed E-state index contributed by atoms with van der Waals surface area (Å²) in [6, 6.07) is 5.27. The van der Waals surface area contributed by atoms with E-state index in [-0.39, 0.29) is 18.4 Å². The molecule has 3 aromatic rings. The van der Waals surface area contributed by atoms with Crippen LogP contribution in [0.3, 0.4) is 0 Å². The fraction of sp³-hybridized carbons (Fsp3) is 0.391. The molecule has 0 radical (unpaired) electrons. The number of nitrogen functional groups attached to an aromatic ring is 1. The average molecular weight is 418 g/mol. The zero-order chi connectivity index (χ0) is 22.5. The molecule has 0 aliphatic carbocycles. The molecule has 1 aromatic carbocycles. The summed E-state index contributed by atoms with van der Waals surface area (Å²) in [5, 5.41) is 13.6. The Bertz CT molecular complexity index is 1140. The van der Waals surface area contributed by atoms with Crippen molar-refractivity contribution in [1.29, 1.82) is 5.26 Å². The van der Waals surface area contributed by atoms with Crippen LogP contribution < -0.4 is 5.73 Å². The highest BCUT2D eigenvalue weighted by molar-refractivity contribution is 6.67. The monoisotopic (exact) mass is 418 g/mol. The van der Waals surface area contributed by atoms with Crippen LogP contribution in [0.4, 0.5) is 10.1 Å². The Morgan fingerprint density at radius 3 is 2.65 bits per heavy atom. The average Bonchev–Trinajstić information content (AvgIpc) is 3.17. The van der Waals surface area contributed by atoms with Crippen molar-refractivity contribution in [2.24, 2.45) is 4.99 Å². The number of hydrogen-bond donors (Lipinski definition) is 1. The molecule has 0 spiro atoms. The van der Waals surface area contributed by atoms with Gasteiger partial charge in [-0.25, -0.2) is 19.2 Å². The van der Waals surface area contributed by atoms with Crippen LogP contribution in [-0.4, -0.2) is 33.6 Å². The Kier molecular flexibility index (Phi) is 7.06. The standard InChI is InChI=1S/C21H22BFN6.C2H6/c1-13-7-19(28-29-11-14(2)27-21(13)29)15-8-16(20(25)18(23)9-15)10-26-17-3-5-22(12-24)6-4-17;1-2/h7-11,17H,3-6,25H2,1-2H3;1-2H3. The van der Waals surface area contributed by atoms with E-state index in [1.807, 2.05) is 46.0 Å². The lowest BCUT2D eigenvalue weighted by atomic mass is 9.42. The molecule has 0 saturated carbocycles. The summed E-state index contributed by atoms with van der Waals surface area (Å²) in [5.41, 5.74) is 10.5. The maximum absolute atomic E-state index is 14.5. The van der Waals surface area contributed by atoms with Crippen molar-refractivity contribution >= 4 is 24.3 Å². The maximum atomic E-state index is 14.5. The summed E-state index contributed by atoms with van der Waals surface area (Å²) < 4.78 is 16.3. The summed E-state index contributed by atoms with van der Waals surface area (Å²) in [6.07, 6.45) is 6.96. The number of aliphatic imine (C=N–C) groups is 1. The van der Waals surface area contributed by atoms with Gasteiger partial charge in [0.2, 0.25) is 0 Å². The number of benzene rings is 1. The van der Waals surface area contributed by atoms with E-state index in [0.29, 0.717) is 16.8 Å². The minimum atomic E-state index is -0.487. The number of halogens is 1. The number of nitrogens with zero attached hydrogens (tertiary/aromatic N) is 5. The molecule has 160 valence electrons. The molecule has 3 heterocycles. The number of nitriles is 1. The zero-order valence-electron chi connectivity index (χ0n) is 18.6. The van der Waals surface area contributed by atoms with Crippen LogP contribution in [0, 0.1) is 30.9 Å². The molecule has 2 N–H and O–H groups in total. The molecule has 2 aromatic heterocycles. The molecular formula is C23H28BFN6. The van der Waals surface area contributed by atoms with Crippen molar-refractivity contribution in [2.75, 3.05) is 5.73 Å². The van der Waals surface area contributed by atoms with Crippen molar-refractivity contribution in [3.05, 3.63) is 47.0 Å². The Morgan fingerprint density at radius 1 is 1.26 bits per heavy atom. The van der Waals surface area contributed by atoms with Gasteiger partial charge in [-0.1, -0.05) is 26.5 Å². The van der Waals surface area contributed by atoms with E-state index in [1.54, 1.807) is 10.7 Å². The van der Waals surface area contributed by atoms with Gasteiger partial charge >= 0.3 is 0 Å². The van der Waals surface area contributed by atoms with Crippen molar-refractivity contribution in [3.8, 4) is 17.2 Å². The topological polar surface area (TPSA) is 92.4 Å². The molecule has 4 rings (SSSR count). The summed E-state index contributed by atoms with van der Waals surface area (Å²) >= 11 is 0. The Hall–Kier alpha value is -3.21. The third kappa shape index (κ3) is 4.93. The lowest BCUT2D eigenvalue weighted by Gasteiger charge is -2.19. The maximum Gasteiger partial charge on any atom is 0.268 e. The second-order valence-corrected chi connectivity index (χ2v) is 7.74. The number of rotatable bonds is 3. The quantitative estimate of drug-likeness (QED) is 0.372. The molecule has 1 saturated heterocycles. The van der Waals surface area contributed by atoms with Crippen molar-refractivity contribution in [1.82, 2.24) is 14.6 Å². The molecule has 8 heteroatoms. The molecule has 0 unspecified atom stereocenters. The van der Waals surface area contributed by atoms with Gasteiger partial charge in [0.25, 0.3) is 6.71 Å². The van der Waals surface area contributed by atoms with E-state index in [4.69, 9.17) is 11.0 Å². The van der Waals surface area contributed by atoms with E-state index in [9.17, 15) is 4.39 Å². The third-order valence-electron chi connectivity index (χ3n) is 5.49. The number of nitrogens with two attached hydrogens (primary N) is 1. The normalized spacial score (nSPS) is 14.5. The summed E-state index contributed by atoms with van der Waals surface area (Å²) in [4.78, 5) is 9.07. The SMILES string of the molecule is CC.Cc1cn2nc(-c3cc(F)c(N)c(C=NC4CCB(C#N)CC4)c3)cc(C)c2n1. The number of fused-ring (bicyclic) bond motifs is 1. The first-order valence-corrected chi connectivity index (χ1v) is 10.8. The van der Waals surface area contributed by atoms with Gasteiger partial charge in [0.05, 0.1) is 23.3 Å². The zero-order valence-corrected chi connectivity index (χ0v) is 18.6. The van der Waals surface area contributed by atoms with Gasteiger partial charge < -0.3 is 5.73 Å². The van der Waals surface area contributed by atoms with Gasteiger partial charge in [-0.05, 0) is 50.5 Å². The van der Waals surface area contributed by atoms with Crippen molar-refractivity contribution < 1.29 is 4.39 Å². The van der Waals surface area contributed by atoms with Crippen LogP contribution in [0.15, 0.2) is 29.4 Å². The van der Waals surface area contributed by atoms with E-state index >= 15 is 0 Å². The highest BCUT2D eigenvalue weighted by Crippen LogP contribution is 2.27. The van der Waals surface area contributed by atoms with Gasteiger partial charge in [-0.3, -0.25) is 4.99 Å². The second-order valence-electron chi connectivity index (χ2n) is 7.74. The molecule has 0 bridgehead atoms. The first kappa shape index (κ1) is 22.5. The summed E-state index contributed by atoms with van der Waals surface area (Å²) in [6.45, 7) is 8.00. The minimum absolute atomic E-state index is 0.0829. The van der Waals surface area contributed by atoms with Gasteiger partial charge in [0, 0.05) is 29.4 Å². The van der Waals surface area contributed by atoms with Crippen LogP contribution in [0.2, 0.25) is 12.6 Å². The van der Waals surface area contributed by atoms with Crippen LogP contribution in [0.1, 0.15) is 43.5 Å². The van der Waals surface area contributed by atoms with Crippen LogP contribution >= 0.6 is 0 Å². The molecule has 1 fully saturated rings.